The zero-order valence-corrected chi connectivity index (χ0v) is 10.8. The average molecular weight is 248 g/mol. The summed E-state index contributed by atoms with van der Waals surface area (Å²) in [5.74, 6) is 0.470. The Kier molecular flexibility index (Phi) is 2.41. The first kappa shape index (κ1) is 10.8. The van der Waals surface area contributed by atoms with Crippen LogP contribution in [0.5, 0.6) is 0 Å². The molecule has 94 valence electrons. The van der Waals surface area contributed by atoms with Crippen LogP contribution in [-0.4, -0.2) is 9.97 Å². The molecular weight excluding hydrogens is 232 g/mol. The highest BCUT2D eigenvalue weighted by atomic mass is 14.9. The van der Waals surface area contributed by atoms with Crippen molar-refractivity contribution in [2.75, 3.05) is 0 Å². The van der Waals surface area contributed by atoms with E-state index in [1.165, 1.54) is 46.9 Å². The molecule has 3 aromatic rings. The summed E-state index contributed by atoms with van der Waals surface area (Å²) in [5.41, 5.74) is 4.26. The Labute approximate surface area is 112 Å². The third kappa shape index (κ3) is 1.67. The van der Waals surface area contributed by atoms with Gasteiger partial charge in [-0.15, -0.1) is 0 Å². The van der Waals surface area contributed by atoms with Crippen LogP contribution in [0.3, 0.4) is 0 Å². The molecule has 1 N–H and O–H groups in total. The van der Waals surface area contributed by atoms with E-state index in [0.29, 0.717) is 5.92 Å². The van der Waals surface area contributed by atoms with E-state index in [1.54, 1.807) is 6.33 Å². The van der Waals surface area contributed by atoms with Gasteiger partial charge in [-0.2, -0.15) is 0 Å². The molecule has 1 atom stereocenters. The monoisotopic (exact) mass is 248 g/mol. The molecule has 2 heteroatoms. The number of hydrogen-bond donors (Lipinski definition) is 1. The van der Waals surface area contributed by atoms with Gasteiger partial charge in [0.05, 0.1) is 6.33 Å². The van der Waals surface area contributed by atoms with Gasteiger partial charge in [-0.25, -0.2) is 4.98 Å². The van der Waals surface area contributed by atoms with E-state index < -0.39 is 0 Å². The third-order valence-electron chi connectivity index (χ3n) is 4.24. The first-order valence-corrected chi connectivity index (χ1v) is 6.92. The Morgan fingerprint density at radius 2 is 2.05 bits per heavy atom. The van der Waals surface area contributed by atoms with E-state index in [0.717, 1.165) is 0 Å². The Morgan fingerprint density at radius 3 is 2.95 bits per heavy atom. The molecule has 0 spiro atoms. The summed E-state index contributed by atoms with van der Waals surface area (Å²) >= 11 is 0. The zero-order valence-electron chi connectivity index (χ0n) is 10.8. The van der Waals surface area contributed by atoms with Gasteiger partial charge >= 0.3 is 0 Å². The number of aryl methyl sites for hydroxylation is 1. The quantitative estimate of drug-likeness (QED) is 0.692. The molecule has 1 aliphatic carbocycles. The standard InChI is InChI=1S/C17H16N2/c1-2-6-14-12(4-1)8-9-13-5-3-7-15(17(13)14)16-10-18-11-19-16/h1-2,4,6,8-11,15H,3,5,7H2,(H,18,19)/t15-/m1/s1. The van der Waals surface area contributed by atoms with Crippen molar-refractivity contribution in [2.24, 2.45) is 0 Å². The average Bonchev–Trinajstić information content (AvgIpc) is 3.00. The second-order valence-corrected chi connectivity index (χ2v) is 5.31. The summed E-state index contributed by atoms with van der Waals surface area (Å²) in [6, 6.07) is 13.3. The van der Waals surface area contributed by atoms with E-state index in [1.807, 2.05) is 6.20 Å². The van der Waals surface area contributed by atoms with Gasteiger partial charge in [-0.1, -0.05) is 36.4 Å². The second-order valence-electron chi connectivity index (χ2n) is 5.31. The summed E-state index contributed by atoms with van der Waals surface area (Å²) in [5, 5.41) is 2.74. The predicted molar refractivity (Wildman–Crippen MR) is 77.3 cm³/mol. The highest BCUT2D eigenvalue weighted by molar-refractivity contribution is 5.87. The molecule has 2 aromatic carbocycles. The lowest BCUT2D eigenvalue weighted by Gasteiger charge is -2.26. The number of nitrogens with zero attached hydrogens (tertiary/aromatic N) is 1. The minimum atomic E-state index is 0.470. The number of H-pyrrole nitrogens is 1. The number of benzene rings is 2. The lowest BCUT2D eigenvalue weighted by Crippen LogP contribution is -2.12. The summed E-state index contributed by atoms with van der Waals surface area (Å²) in [4.78, 5) is 7.50. The molecule has 1 heterocycles. The maximum atomic E-state index is 4.19. The van der Waals surface area contributed by atoms with Gasteiger partial charge in [0.1, 0.15) is 0 Å². The number of aromatic amines is 1. The van der Waals surface area contributed by atoms with Crippen LogP contribution in [0.1, 0.15) is 35.6 Å². The normalized spacial score (nSPS) is 18.4. The lowest BCUT2D eigenvalue weighted by molar-refractivity contribution is 0.611. The van der Waals surface area contributed by atoms with Gasteiger partial charge in [0.15, 0.2) is 0 Å². The number of hydrogen-bond acceptors (Lipinski definition) is 1. The number of nitrogens with one attached hydrogen (secondary N) is 1. The maximum Gasteiger partial charge on any atom is 0.0921 e. The van der Waals surface area contributed by atoms with Crippen molar-refractivity contribution in [1.82, 2.24) is 9.97 Å². The molecule has 0 radical (unpaired) electrons. The van der Waals surface area contributed by atoms with Crippen LogP contribution in [0.2, 0.25) is 0 Å². The van der Waals surface area contributed by atoms with Crippen molar-refractivity contribution < 1.29 is 0 Å². The molecule has 0 fully saturated rings. The van der Waals surface area contributed by atoms with E-state index in [9.17, 15) is 0 Å². The molecule has 1 aromatic heterocycles. The van der Waals surface area contributed by atoms with Crippen molar-refractivity contribution in [2.45, 2.75) is 25.2 Å². The summed E-state index contributed by atoms with van der Waals surface area (Å²) < 4.78 is 0. The molecule has 1 aliphatic rings. The summed E-state index contributed by atoms with van der Waals surface area (Å²) in [7, 11) is 0. The maximum absolute atomic E-state index is 4.19. The molecule has 0 saturated heterocycles. The summed E-state index contributed by atoms with van der Waals surface area (Å²) in [6.07, 6.45) is 7.43. The molecule has 0 saturated carbocycles. The fraction of sp³-hybridized carbons (Fsp3) is 0.235. The SMILES string of the molecule is c1ccc2c3c(ccc2c1)CCC[C@@H]3c1cnc[nH]1. The predicted octanol–water partition coefficient (Wildman–Crippen LogP) is 4.03. The van der Waals surface area contributed by atoms with Crippen LogP contribution in [-0.2, 0) is 6.42 Å². The van der Waals surface area contributed by atoms with Crippen LogP contribution in [0.4, 0.5) is 0 Å². The van der Waals surface area contributed by atoms with Crippen LogP contribution >= 0.6 is 0 Å². The van der Waals surface area contributed by atoms with Gasteiger partial charge in [0, 0.05) is 17.8 Å². The summed E-state index contributed by atoms with van der Waals surface area (Å²) in [6.45, 7) is 0. The molecule has 19 heavy (non-hydrogen) atoms. The third-order valence-corrected chi connectivity index (χ3v) is 4.24. The van der Waals surface area contributed by atoms with Crippen LogP contribution < -0.4 is 0 Å². The van der Waals surface area contributed by atoms with Crippen molar-refractivity contribution in [3.05, 3.63) is 65.7 Å². The molecule has 4 rings (SSSR count). The van der Waals surface area contributed by atoms with Gasteiger partial charge in [0.2, 0.25) is 0 Å². The van der Waals surface area contributed by atoms with Crippen LogP contribution in [0.25, 0.3) is 10.8 Å². The van der Waals surface area contributed by atoms with Crippen molar-refractivity contribution >= 4 is 10.8 Å². The van der Waals surface area contributed by atoms with E-state index in [2.05, 4.69) is 46.4 Å². The highest BCUT2D eigenvalue weighted by Gasteiger charge is 2.24. The van der Waals surface area contributed by atoms with Crippen LogP contribution in [0.15, 0.2) is 48.9 Å². The fourth-order valence-corrected chi connectivity index (χ4v) is 3.38. The molecule has 0 bridgehead atoms. The minimum absolute atomic E-state index is 0.470. The molecule has 0 aliphatic heterocycles. The number of imidazole rings is 1. The van der Waals surface area contributed by atoms with Crippen LogP contribution in [0, 0.1) is 0 Å². The molecule has 0 unspecified atom stereocenters. The topological polar surface area (TPSA) is 28.7 Å². The van der Waals surface area contributed by atoms with Gasteiger partial charge in [-0.05, 0) is 41.2 Å². The van der Waals surface area contributed by atoms with Crippen molar-refractivity contribution in [3.63, 3.8) is 0 Å². The van der Waals surface area contributed by atoms with Crippen molar-refractivity contribution in [3.8, 4) is 0 Å². The molecule has 2 nitrogen and oxygen atoms in total. The Bertz CT molecular complexity index is 713. The lowest BCUT2D eigenvalue weighted by atomic mass is 9.78. The second kappa shape index (κ2) is 4.23. The Hall–Kier alpha value is -2.09. The Balaban J connectivity index is 2.00. The first-order valence-electron chi connectivity index (χ1n) is 6.92. The van der Waals surface area contributed by atoms with E-state index in [-0.39, 0.29) is 0 Å². The van der Waals surface area contributed by atoms with Gasteiger partial charge in [0.25, 0.3) is 0 Å². The highest BCUT2D eigenvalue weighted by Crippen LogP contribution is 2.39. The zero-order chi connectivity index (χ0) is 12.7. The number of fused-ring (bicyclic) bond motifs is 3. The molecular formula is C17H16N2. The fourth-order valence-electron chi connectivity index (χ4n) is 3.38. The Morgan fingerprint density at radius 1 is 1.11 bits per heavy atom. The van der Waals surface area contributed by atoms with Gasteiger partial charge < -0.3 is 4.98 Å². The minimum Gasteiger partial charge on any atom is -0.348 e. The largest absolute Gasteiger partial charge is 0.348 e. The first-order chi connectivity index (χ1) is 9.43. The van der Waals surface area contributed by atoms with E-state index >= 15 is 0 Å². The van der Waals surface area contributed by atoms with Crippen molar-refractivity contribution in [1.29, 1.82) is 0 Å². The van der Waals surface area contributed by atoms with E-state index in [4.69, 9.17) is 0 Å². The smallest absolute Gasteiger partial charge is 0.0921 e. The number of rotatable bonds is 1. The van der Waals surface area contributed by atoms with Gasteiger partial charge in [-0.3, -0.25) is 0 Å². The molecule has 0 amide bonds. The number of aromatic nitrogens is 2.